The monoisotopic (exact) mass is 422 g/mol. The molecule has 0 atom stereocenters. The molecule has 0 aliphatic carbocycles. The number of benzene rings is 2. The maximum Gasteiger partial charge on any atom is 0.222 e. The van der Waals surface area contributed by atoms with Gasteiger partial charge in [0.25, 0.3) is 0 Å². The highest BCUT2D eigenvalue weighted by Crippen LogP contribution is 2.24. The molecule has 2 N–H and O–H groups in total. The van der Waals surface area contributed by atoms with Gasteiger partial charge in [0.05, 0.1) is 0 Å². The molecule has 0 saturated heterocycles. The zero-order valence-corrected chi connectivity index (χ0v) is 19.6. The summed E-state index contributed by atoms with van der Waals surface area (Å²) in [7, 11) is 7.85. The lowest BCUT2D eigenvalue weighted by Crippen LogP contribution is -2.21. The molecule has 4 rings (SSSR count). The van der Waals surface area contributed by atoms with Crippen molar-refractivity contribution in [3.8, 4) is 0 Å². The average Bonchev–Trinajstić information content (AvgIpc) is 3.40. The summed E-state index contributed by atoms with van der Waals surface area (Å²) < 4.78 is 0. The first-order valence-corrected chi connectivity index (χ1v) is 11.5. The van der Waals surface area contributed by atoms with Crippen LogP contribution >= 0.6 is 0 Å². The van der Waals surface area contributed by atoms with E-state index in [-0.39, 0.29) is 5.91 Å². The molecule has 0 radical (unpaired) electrons. The first-order valence-electron chi connectivity index (χ1n) is 11.5. The van der Waals surface area contributed by atoms with E-state index in [1.54, 1.807) is 19.0 Å². The van der Waals surface area contributed by atoms with E-state index in [1.165, 1.54) is 59.4 Å². The van der Waals surface area contributed by atoms with Gasteiger partial charge in [0.2, 0.25) is 5.91 Å². The van der Waals surface area contributed by atoms with E-state index in [2.05, 4.69) is 66.0 Å². The number of nitrogens with one attached hydrogen (secondary N) is 2. The highest BCUT2D eigenvalue weighted by atomic mass is 16.2. The fourth-order valence-electron chi connectivity index (χ4n) is 4.06. The molecule has 5 nitrogen and oxygen atoms in total. The molecule has 0 bridgehead atoms. The largest absolute Gasteiger partial charge is 0.384 e. The van der Waals surface area contributed by atoms with Crippen molar-refractivity contribution in [3.63, 3.8) is 0 Å². The van der Waals surface area contributed by atoms with E-state index in [0.29, 0.717) is 6.42 Å². The molecule has 2 aliphatic heterocycles. The number of fused-ring (bicyclic) bond motifs is 2. The van der Waals surface area contributed by atoms with Gasteiger partial charge in [-0.3, -0.25) is 4.79 Å². The number of carbonyl (C=O) groups is 1. The van der Waals surface area contributed by atoms with Gasteiger partial charge in [0.15, 0.2) is 0 Å². The van der Waals surface area contributed by atoms with Crippen LogP contribution < -0.4 is 10.6 Å². The molecule has 5 heteroatoms. The minimum Gasteiger partial charge on any atom is -0.384 e. The number of rotatable bonds is 7. The summed E-state index contributed by atoms with van der Waals surface area (Å²) in [5.41, 5.74) is 8.18. The standard InChI is InChI=1S/C13H18N2O.C13H20N2/c1-15(2)13(16)6-4-10-3-5-11-7-8-14-12(11)9-10;1-15(2)9-3-4-11-5-6-12-7-8-14-13(12)10-11/h3,5,9,14H,4,6-8H2,1-2H3;5-6,10,14H,3-4,7-9H2,1-2H3. The number of hydrogen-bond donors (Lipinski definition) is 2. The van der Waals surface area contributed by atoms with Gasteiger partial charge in [-0.25, -0.2) is 0 Å². The van der Waals surface area contributed by atoms with Gasteiger partial charge in [-0.05, 0) is 87.1 Å². The molecule has 1 amide bonds. The molecule has 2 aromatic carbocycles. The summed E-state index contributed by atoms with van der Waals surface area (Å²) in [5, 5.41) is 6.78. The number of hydrogen-bond acceptors (Lipinski definition) is 4. The summed E-state index contributed by atoms with van der Waals surface area (Å²) in [6.07, 6.45) is 6.15. The second-order valence-corrected chi connectivity index (χ2v) is 9.03. The molecule has 2 aliphatic rings. The lowest BCUT2D eigenvalue weighted by molar-refractivity contribution is -0.128. The van der Waals surface area contributed by atoms with Crippen LogP contribution in [0, 0.1) is 0 Å². The van der Waals surface area contributed by atoms with Gasteiger partial charge in [-0.1, -0.05) is 24.3 Å². The zero-order valence-electron chi connectivity index (χ0n) is 19.6. The van der Waals surface area contributed by atoms with Crippen molar-refractivity contribution in [2.24, 2.45) is 0 Å². The van der Waals surface area contributed by atoms with Crippen molar-refractivity contribution in [2.75, 3.05) is 58.5 Å². The molecule has 0 saturated carbocycles. The molecule has 2 aromatic rings. The summed E-state index contributed by atoms with van der Waals surface area (Å²) in [4.78, 5) is 15.3. The summed E-state index contributed by atoms with van der Waals surface area (Å²) in [5.74, 6) is 0.188. The topological polar surface area (TPSA) is 47.6 Å². The minimum absolute atomic E-state index is 0.188. The molecule has 0 aromatic heterocycles. The van der Waals surface area contributed by atoms with Crippen LogP contribution in [0.15, 0.2) is 36.4 Å². The van der Waals surface area contributed by atoms with Crippen molar-refractivity contribution in [2.45, 2.75) is 38.5 Å². The fraction of sp³-hybridized carbons (Fsp3) is 0.500. The Hall–Kier alpha value is -2.53. The van der Waals surface area contributed by atoms with Gasteiger partial charge in [0.1, 0.15) is 0 Å². The summed E-state index contributed by atoms with van der Waals surface area (Å²) in [6, 6.07) is 13.4. The number of anilines is 2. The van der Waals surface area contributed by atoms with Gasteiger partial charge in [-0.15, -0.1) is 0 Å². The number of carbonyl (C=O) groups excluding carboxylic acids is 1. The highest BCUT2D eigenvalue weighted by Gasteiger charge is 2.11. The molecule has 0 unspecified atom stereocenters. The van der Waals surface area contributed by atoms with Crippen molar-refractivity contribution in [1.29, 1.82) is 0 Å². The molecule has 0 fully saturated rings. The third-order valence-electron chi connectivity index (χ3n) is 5.97. The Morgan fingerprint density at radius 1 is 0.839 bits per heavy atom. The first-order chi connectivity index (χ1) is 14.9. The van der Waals surface area contributed by atoms with Gasteiger partial charge in [-0.2, -0.15) is 0 Å². The maximum absolute atomic E-state index is 11.5. The van der Waals surface area contributed by atoms with E-state index in [4.69, 9.17) is 0 Å². The van der Waals surface area contributed by atoms with Crippen molar-refractivity contribution < 1.29 is 4.79 Å². The molecule has 168 valence electrons. The fourth-order valence-corrected chi connectivity index (χ4v) is 4.06. The van der Waals surface area contributed by atoms with Crippen LogP contribution in [0.5, 0.6) is 0 Å². The first kappa shape index (κ1) is 23.1. The Balaban J connectivity index is 0.000000176. The van der Waals surface area contributed by atoms with Crippen LogP contribution in [-0.4, -0.2) is 63.5 Å². The lowest BCUT2D eigenvalue weighted by atomic mass is 10.1. The molecule has 31 heavy (non-hydrogen) atoms. The smallest absolute Gasteiger partial charge is 0.222 e. The second-order valence-electron chi connectivity index (χ2n) is 9.03. The van der Waals surface area contributed by atoms with Crippen molar-refractivity contribution in [3.05, 3.63) is 58.7 Å². The normalized spacial score (nSPS) is 13.6. The van der Waals surface area contributed by atoms with Gasteiger partial charge in [0, 0.05) is 45.0 Å². The Morgan fingerprint density at radius 2 is 1.39 bits per heavy atom. The predicted molar refractivity (Wildman–Crippen MR) is 131 cm³/mol. The average molecular weight is 423 g/mol. The molecule has 0 spiro atoms. The highest BCUT2D eigenvalue weighted by molar-refractivity contribution is 5.75. The number of amides is 1. The lowest BCUT2D eigenvalue weighted by Gasteiger charge is -2.10. The third-order valence-corrected chi connectivity index (χ3v) is 5.97. The zero-order chi connectivity index (χ0) is 22.2. The van der Waals surface area contributed by atoms with Crippen LogP contribution in [0.1, 0.15) is 35.1 Å². The van der Waals surface area contributed by atoms with Crippen LogP contribution in [0.4, 0.5) is 11.4 Å². The number of aryl methyl sites for hydroxylation is 2. The summed E-state index contributed by atoms with van der Waals surface area (Å²) >= 11 is 0. The van der Waals surface area contributed by atoms with Crippen molar-refractivity contribution in [1.82, 2.24) is 9.80 Å². The predicted octanol–water partition coefficient (Wildman–Crippen LogP) is 3.82. The SMILES string of the molecule is CN(C)C(=O)CCc1ccc2c(c1)NCC2.CN(C)CCCc1ccc2c(c1)NCC2. The van der Waals surface area contributed by atoms with Crippen LogP contribution in [-0.2, 0) is 30.5 Å². The van der Waals surface area contributed by atoms with Crippen molar-refractivity contribution >= 4 is 17.3 Å². The molecular weight excluding hydrogens is 384 g/mol. The Bertz CT molecular complexity index is 876. The van der Waals surface area contributed by atoms with Crippen LogP contribution in [0.3, 0.4) is 0 Å². The maximum atomic E-state index is 11.5. The van der Waals surface area contributed by atoms with E-state index in [9.17, 15) is 4.79 Å². The molecule has 2 heterocycles. The van der Waals surface area contributed by atoms with E-state index in [0.717, 1.165) is 25.9 Å². The Morgan fingerprint density at radius 3 is 1.90 bits per heavy atom. The van der Waals surface area contributed by atoms with Gasteiger partial charge < -0.3 is 20.4 Å². The van der Waals surface area contributed by atoms with Crippen LogP contribution in [0.2, 0.25) is 0 Å². The third kappa shape index (κ3) is 7.00. The quantitative estimate of drug-likeness (QED) is 0.712. The van der Waals surface area contributed by atoms with E-state index < -0.39 is 0 Å². The Kier molecular flexibility index (Phi) is 8.35. The number of nitrogens with zero attached hydrogens (tertiary/aromatic N) is 2. The second kappa shape index (κ2) is 11.2. The van der Waals surface area contributed by atoms with Crippen LogP contribution in [0.25, 0.3) is 0 Å². The van der Waals surface area contributed by atoms with E-state index >= 15 is 0 Å². The Labute approximate surface area is 187 Å². The molecular formula is C26H38N4O. The van der Waals surface area contributed by atoms with E-state index in [1.807, 2.05) is 0 Å². The summed E-state index contributed by atoms with van der Waals surface area (Å²) in [6.45, 7) is 3.32. The van der Waals surface area contributed by atoms with Gasteiger partial charge >= 0.3 is 0 Å². The minimum atomic E-state index is 0.188.